The van der Waals surface area contributed by atoms with Crippen LogP contribution in [0.1, 0.15) is 48.7 Å². The van der Waals surface area contributed by atoms with Crippen molar-refractivity contribution in [3.63, 3.8) is 0 Å². The number of piperidine rings is 1. The minimum absolute atomic E-state index is 0.00475. The Hall–Kier alpha value is -3.61. The number of aromatic nitrogens is 1. The molecule has 33 heavy (non-hydrogen) atoms. The fourth-order valence-corrected chi connectivity index (χ4v) is 4.40. The van der Waals surface area contributed by atoms with Crippen molar-refractivity contribution in [2.24, 2.45) is 5.92 Å². The van der Waals surface area contributed by atoms with Crippen LogP contribution in [0.5, 0.6) is 11.5 Å². The molecular weight excluding hydrogens is 418 g/mol. The molecule has 3 aromatic rings. The number of fused-ring (bicyclic) bond motifs is 2. The normalized spacial score (nSPS) is 15.8. The van der Waals surface area contributed by atoms with Crippen LogP contribution < -0.4 is 14.8 Å². The lowest BCUT2D eigenvalue weighted by Gasteiger charge is -2.31. The van der Waals surface area contributed by atoms with E-state index in [2.05, 4.69) is 19.2 Å². The number of hydrogen-bond donors (Lipinski definition) is 1. The topological polar surface area (TPSA) is 80.8 Å². The van der Waals surface area contributed by atoms with Crippen molar-refractivity contribution >= 4 is 28.4 Å². The number of pyridine rings is 1. The van der Waals surface area contributed by atoms with Gasteiger partial charge in [-0.05, 0) is 43.0 Å². The van der Waals surface area contributed by atoms with Gasteiger partial charge in [-0.2, -0.15) is 0 Å². The van der Waals surface area contributed by atoms with Crippen LogP contribution in [0.2, 0.25) is 0 Å². The molecule has 2 amide bonds. The number of nitrogens with zero attached hydrogens (tertiary/aromatic N) is 2. The molecule has 2 aliphatic rings. The van der Waals surface area contributed by atoms with Crippen LogP contribution in [0.3, 0.4) is 0 Å². The van der Waals surface area contributed by atoms with Gasteiger partial charge < -0.3 is 19.7 Å². The molecule has 1 N–H and O–H groups in total. The SMILES string of the molecule is CC(C)c1cc(C(=O)N2CCC(C(=O)Nc3ccc4c(c3)OCO4)CC2)c2ccccc2n1. The second-order valence-corrected chi connectivity index (χ2v) is 8.89. The smallest absolute Gasteiger partial charge is 0.254 e. The summed E-state index contributed by atoms with van der Waals surface area (Å²) in [6, 6.07) is 15.1. The molecule has 0 unspecified atom stereocenters. The number of nitrogens with one attached hydrogen (secondary N) is 1. The van der Waals surface area contributed by atoms with Crippen molar-refractivity contribution in [3.05, 3.63) is 59.8 Å². The van der Waals surface area contributed by atoms with Crippen molar-refractivity contribution < 1.29 is 19.1 Å². The molecular formula is C26H27N3O4. The van der Waals surface area contributed by atoms with Gasteiger partial charge in [-0.3, -0.25) is 14.6 Å². The van der Waals surface area contributed by atoms with Gasteiger partial charge >= 0.3 is 0 Å². The Morgan fingerprint density at radius 3 is 2.58 bits per heavy atom. The van der Waals surface area contributed by atoms with E-state index in [1.165, 1.54) is 0 Å². The minimum Gasteiger partial charge on any atom is -0.454 e. The van der Waals surface area contributed by atoms with Crippen molar-refractivity contribution in [3.8, 4) is 11.5 Å². The van der Waals surface area contributed by atoms with E-state index < -0.39 is 0 Å². The number of benzene rings is 2. The highest BCUT2D eigenvalue weighted by Gasteiger charge is 2.29. The van der Waals surface area contributed by atoms with Gasteiger partial charge in [0.1, 0.15) is 0 Å². The monoisotopic (exact) mass is 445 g/mol. The molecule has 1 fully saturated rings. The van der Waals surface area contributed by atoms with Crippen molar-refractivity contribution in [2.75, 3.05) is 25.2 Å². The number of rotatable bonds is 4. The molecule has 5 rings (SSSR count). The highest BCUT2D eigenvalue weighted by atomic mass is 16.7. The van der Waals surface area contributed by atoms with Gasteiger partial charge in [-0.1, -0.05) is 32.0 Å². The number of likely N-dealkylation sites (tertiary alicyclic amines) is 1. The average Bonchev–Trinajstić information content (AvgIpc) is 3.31. The zero-order valence-corrected chi connectivity index (χ0v) is 18.8. The van der Waals surface area contributed by atoms with E-state index in [1.54, 1.807) is 12.1 Å². The molecule has 2 aromatic carbocycles. The van der Waals surface area contributed by atoms with Crippen LogP contribution in [-0.2, 0) is 4.79 Å². The van der Waals surface area contributed by atoms with E-state index in [4.69, 9.17) is 14.5 Å². The largest absolute Gasteiger partial charge is 0.454 e. The first-order valence-corrected chi connectivity index (χ1v) is 11.4. The Morgan fingerprint density at radius 2 is 1.79 bits per heavy atom. The van der Waals surface area contributed by atoms with E-state index >= 15 is 0 Å². The molecule has 3 heterocycles. The van der Waals surface area contributed by atoms with Crippen LogP contribution in [0, 0.1) is 5.92 Å². The Balaban J connectivity index is 1.26. The number of carbonyl (C=O) groups excluding carboxylic acids is 2. The molecule has 2 aliphatic heterocycles. The number of carbonyl (C=O) groups is 2. The quantitative estimate of drug-likeness (QED) is 0.636. The van der Waals surface area contributed by atoms with E-state index in [0.717, 1.165) is 16.6 Å². The van der Waals surface area contributed by atoms with Gasteiger partial charge in [-0.25, -0.2) is 0 Å². The summed E-state index contributed by atoms with van der Waals surface area (Å²) in [5, 5.41) is 3.84. The summed E-state index contributed by atoms with van der Waals surface area (Å²) in [7, 11) is 0. The number of para-hydroxylation sites is 1. The van der Waals surface area contributed by atoms with E-state index in [9.17, 15) is 9.59 Å². The zero-order chi connectivity index (χ0) is 22.9. The minimum atomic E-state index is -0.139. The summed E-state index contributed by atoms with van der Waals surface area (Å²) < 4.78 is 10.7. The molecule has 0 aliphatic carbocycles. The molecule has 1 aromatic heterocycles. The van der Waals surface area contributed by atoms with Gasteiger partial charge in [0.05, 0.1) is 11.1 Å². The summed E-state index contributed by atoms with van der Waals surface area (Å²) in [5.74, 6) is 1.39. The molecule has 0 radical (unpaired) electrons. The molecule has 0 atom stereocenters. The summed E-state index contributed by atoms with van der Waals surface area (Å²) in [6.45, 7) is 5.45. The Bertz CT molecular complexity index is 1220. The highest BCUT2D eigenvalue weighted by molar-refractivity contribution is 6.06. The molecule has 0 saturated carbocycles. The number of amides is 2. The number of ether oxygens (including phenoxy) is 2. The first-order valence-electron chi connectivity index (χ1n) is 11.4. The van der Waals surface area contributed by atoms with Gasteiger partial charge in [0.25, 0.3) is 5.91 Å². The second-order valence-electron chi connectivity index (χ2n) is 8.89. The highest BCUT2D eigenvalue weighted by Crippen LogP contribution is 2.34. The molecule has 7 nitrogen and oxygen atoms in total. The van der Waals surface area contributed by atoms with Crippen LogP contribution in [0.4, 0.5) is 5.69 Å². The maximum atomic E-state index is 13.4. The molecule has 170 valence electrons. The maximum absolute atomic E-state index is 13.4. The standard InChI is InChI=1S/C26H27N3O4/c1-16(2)22-14-20(19-5-3-4-6-21(19)28-22)26(31)29-11-9-17(10-12-29)25(30)27-18-7-8-23-24(13-18)33-15-32-23/h3-8,13-14,16-17H,9-12,15H2,1-2H3,(H,27,30). The van der Waals surface area contributed by atoms with Crippen molar-refractivity contribution in [2.45, 2.75) is 32.6 Å². The number of anilines is 1. The lowest BCUT2D eigenvalue weighted by Crippen LogP contribution is -2.41. The predicted octanol–water partition coefficient (Wildman–Crippen LogP) is 4.58. The molecule has 0 spiro atoms. The van der Waals surface area contributed by atoms with Crippen LogP contribution in [-0.4, -0.2) is 41.6 Å². The summed E-state index contributed by atoms with van der Waals surface area (Å²) in [5.41, 5.74) is 3.12. The fraction of sp³-hybridized carbons (Fsp3) is 0.346. The van der Waals surface area contributed by atoms with Crippen LogP contribution in [0.25, 0.3) is 10.9 Å². The average molecular weight is 446 g/mol. The Labute approximate surface area is 192 Å². The lowest BCUT2D eigenvalue weighted by atomic mass is 9.94. The third kappa shape index (κ3) is 4.23. The van der Waals surface area contributed by atoms with Gasteiger partial charge in [0.2, 0.25) is 12.7 Å². The summed E-state index contributed by atoms with van der Waals surface area (Å²) in [4.78, 5) is 32.8. The van der Waals surface area contributed by atoms with Crippen molar-refractivity contribution in [1.82, 2.24) is 9.88 Å². The van der Waals surface area contributed by atoms with Gasteiger partial charge in [-0.15, -0.1) is 0 Å². The lowest BCUT2D eigenvalue weighted by molar-refractivity contribution is -0.121. The zero-order valence-electron chi connectivity index (χ0n) is 18.8. The fourth-order valence-electron chi connectivity index (χ4n) is 4.40. The van der Waals surface area contributed by atoms with Crippen LogP contribution >= 0.6 is 0 Å². The molecule has 0 bridgehead atoms. The summed E-state index contributed by atoms with van der Waals surface area (Å²) in [6.07, 6.45) is 1.25. The predicted molar refractivity (Wildman–Crippen MR) is 126 cm³/mol. The van der Waals surface area contributed by atoms with E-state index in [1.807, 2.05) is 41.3 Å². The Kier molecular flexibility index (Phi) is 5.62. The molecule has 1 saturated heterocycles. The first-order chi connectivity index (χ1) is 16.0. The Morgan fingerprint density at radius 1 is 1.03 bits per heavy atom. The third-order valence-corrected chi connectivity index (χ3v) is 6.35. The molecule has 7 heteroatoms. The van der Waals surface area contributed by atoms with Gasteiger partial charge in [0.15, 0.2) is 11.5 Å². The van der Waals surface area contributed by atoms with Crippen LogP contribution in [0.15, 0.2) is 48.5 Å². The van der Waals surface area contributed by atoms with E-state index in [-0.39, 0.29) is 30.4 Å². The number of hydrogen-bond acceptors (Lipinski definition) is 5. The second kappa shape index (κ2) is 8.73. The van der Waals surface area contributed by atoms with Gasteiger partial charge in [0, 0.05) is 41.8 Å². The first kappa shape index (κ1) is 21.2. The van der Waals surface area contributed by atoms with E-state index in [0.29, 0.717) is 48.7 Å². The maximum Gasteiger partial charge on any atom is 0.254 e. The van der Waals surface area contributed by atoms with Crippen molar-refractivity contribution in [1.29, 1.82) is 0 Å². The summed E-state index contributed by atoms with van der Waals surface area (Å²) >= 11 is 0. The third-order valence-electron chi connectivity index (χ3n) is 6.35.